The molecule has 0 radical (unpaired) electrons. The maximum absolute atomic E-state index is 13.3. The lowest BCUT2D eigenvalue weighted by Gasteiger charge is -2.21. The molecule has 0 aliphatic rings. The number of carboxylic acids is 1. The van der Waals surface area contributed by atoms with Crippen molar-refractivity contribution in [3.05, 3.63) is 192 Å². The van der Waals surface area contributed by atoms with Crippen LogP contribution in [0, 0.1) is 11.6 Å². The Morgan fingerprint density at radius 2 is 0.923 bits per heavy atom. The van der Waals surface area contributed by atoms with Crippen molar-refractivity contribution in [3.8, 4) is 0 Å². The van der Waals surface area contributed by atoms with E-state index in [9.17, 15) is 49.9 Å². The summed E-state index contributed by atoms with van der Waals surface area (Å²) in [5.41, 5.74) is 9.11. The Kier molecular flexibility index (Phi) is 20.6. The lowest BCUT2D eigenvalue weighted by molar-refractivity contribution is -0.139. The molecular formula is C56H60F2IN8O9S2-. The standard InChI is InChI=1S/C28H29FN4O4S.C18H15FN2O3.C10H16N2O2S.HI/c1-28(2,3)33-38(36,37)22-14-12-21(13-15-22)31-27(35)25(32-26(34)18-8-10-20(29)11-9-18)16-19-17-30-24-7-5-4-6-23(19)24;19-13-7-5-11(6-8-13)17(22)21-16(18(23)24)9-12-10-20-15-4-2-1-3-14(12)15;1-10(2,3)12-15(13,14)9-6-4-8(11)5-7-9;/h4-15,17,25,30,33H,16H2,1-3H3,(H,31,35)(H,32,34);1-8,10,16,20H,9H2,(H,21,22)(H,23,24);4-7,12H,11H2,1-3H3;1H/p-1/t25-;16-;;/m00../s1. The summed E-state index contributed by atoms with van der Waals surface area (Å²) in [6, 6.07) is 34.9. The van der Waals surface area contributed by atoms with Crippen LogP contribution in [0.5, 0.6) is 0 Å². The van der Waals surface area contributed by atoms with Gasteiger partial charge in [-0.25, -0.2) is 39.9 Å². The van der Waals surface area contributed by atoms with E-state index >= 15 is 0 Å². The quantitative estimate of drug-likeness (QED) is 0.0463. The molecule has 2 atom stereocenters. The minimum absolute atomic E-state index is 0. The first kappa shape index (κ1) is 61.3. The predicted molar refractivity (Wildman–Crippen MR) is 293 cm³/mol. The maximum atomic E-state index is 13.3. The van der Waals surface area contributed by atoms with E-state index in [4.69, 9.17) is 5.73 Å². The molecule has 0 aliphatic heterocycles. The van der Waals surface area contributed by atoms with E-state index < -0.39 is 78.5 Å². The van der Waals surface area contributed by atoms with Crippen molar-refractivity contribution in [2.75, 3.05) is 11.1 Å². The molecule has 412 valence electrons. The van der Waals surface area contributed by atoms with Gasteiger partial charge in [0.05, 0.1) is 9.79 Å². The van der Waals surface area contributed by atoms with E-state index in [0.717, 1.165) is 45.1 Å². The highest BCUT2D eigenvalue weighted by atomic mass is 127. The summed E-state index contributed by atoms with van der Waals surface area (Å²) in [6.07, 6.45) is 3.86. The third kappa shape index (κ3) is 17.8. The van der Waals surface area contributed by atoms with Crippen molar-refractivity contribution in [1.29, 1.82) is 0 Å². The van der Waals surface area contributed by atoms with Crippen LogP contribution in [-0.2, 0) is 42.5 Å². The van der Waals surface area contributed by atoms with Gasteiger partial charge in [0, 0.05) is 80.6 Å². The van der Waals surface area contributed by atoms with Gasteiger partial charge in [-0.2, -0.15) is 0 Å². The molecule has 0 spiro atoms. The predicted octanol–water partition coefficient (Wildman–Crippen LogP) is 5.45. The first-order valence-corrected chi connectivity index (χ1v) is 26.9. The highest BCUT2D eigenvalue weighted by Crippen LogP contribution is 2.23. The number of hydrogen-bond acceptors (Lipinski definition) is 9. The number of aromatic amines is 2. The highest BCUT2D eigenvalue weighted by Gasteiger charge is 2.27. The van der Waals surface area contributed by atoms with Crippen molar-refractivity contribution >= 4 is 76.9 Å². The van der Waals surface area contributed by atoms with Crippen LogP contribution in [0.4, 0.5) is 20.2 Å². The van der Waals surface area contributed by atoms with Crippen molar-refractivity contribution in [2.45, 2.75) is 87.3 Å². The second-order valence-electron chi connectivity index (χ2n) is 19.8. The van der Waals surface area contributed by atoms with Crippen LogP contribution in [0.2, 0.25) is 0 Å². The lowest BCUT2D eigenvalue weighted by Crippen LogP contribution is -3.00. The molecule has 0 fully saturated rings. The van der Waals surface area contributed by atoms with Crippen molar-refractivity contribution < 1.29 is 73.9 Å². The molecule has 0 aliphatic carbocycles. The number of sulfonamides is 2. The topological polar surface area (TPSA) is 275 Å². The number of carboxylic acid groups (broad SMARTS) is 1. The zero-order chi connectivity index (χ0) is 56.3. The average Bonchev–Trinajstić information content (AvgIpc) is 3.98. The van der Waals surface area contributed by atoms with E-state index in [2.05, 4.69) is 35.4 Å². The molecule has 8 rings (SSSR count). The van der Waals surface area contributed by atoms with Gasteiger partial charge >= 0.3 is 5.97 Å². The lowest BCUT2D eigenvalue weighted by atomic mass is 10.0. The fourth-order valence-electron chi connectivity index (χ4n) is 7.65. The number of fused-ring (bicyclic) bond motifs is 2. The molecule has 22 heteroatoms. The molecular weight excluding hydrogens is 1160 g/mol. The number of nitrogens with one attached hydrogen (secondary N) is 7. The van der Waals surface area contributed by atoms with Gasteiger partial charge in [-0.1, -0.05) is 36.4 Å². The molecule has 6 aromatic carbocycles. The molecule has 17 nitrogen and oxygen atoms in total. The van der Waals surface area contributed by atoms with E-state index in [1.165, 1.54) is 72.8 Å². The van der Waals surface area contributed by atoms with Gasteiger partial charge in [0.2, 0.25) is 26.0 Å². The number of amides is 3. The van der Waals surface area contributed by atoms with Gasteiger partial charge in [-0.05, 0) is 162 Å². The molecule has 2 aromatic heterocycles. The van der Waals surface area contributed by atoms with Gasteiger partial charge < -0.3 is 60.7 Å². The van der Waals surface area contributed by atoms with Gasteiger partial charge in [0.1, 0.15) is 23.7 Å². The Labute approximate surface area is 468 Å². The summed E-state index contributed by atoms with van der Waals surface area (Å²) in [5.74, 6) is -3.63. The van der Waals surface area contributed by atoms with E-state index in [0.29, 0.717) is 11.4 Å². The fraction of sp³-hybridized carbons (Fsp3) is 0.214. The normalized spacial score (nSPS) is 12.4. The largest absolute Gasteiger partial charge is 1.00 e. The van der Waals surface area contributed by atoms with Crippen LogP contribution in [0.15, 0.2) is 168 Å². The minimum Gasteiger partial charge on any atom is -1.00 e. The number of carbonyl (C=O) groups excluding carboxylic acids is 3. The summed E-state index contributed by atoms with van der Waals surface area (Å²) < 4.78 is 80.2. The third-order valence-corrected chi connectivity index (χ3v) is 14.7. The first-order valence-electron chi connectivity index (χ1n) is 24.0. The Hall–Kier alpha value is -7.51. The number of anilines is 2. The molecule has 0 unspecified atom stereocenters. The Morgan fingerprint density at radius 3 is 1.32 bits per heavy atom. The second kappa shape index (κ2) is 26.2. The average molecular weight is 1220 g/mol. The number of carbonyl (C=O) groups is 4. The van der Waals surface area contributed by atoms with E-state index in [1.54, 1.807) is 66.1 Å². The summed E-state index contributed by atoms with van der Waals surface area (Å²) >= 11 is 0. The number of aromatic nitrogens is 2. The van der Waals surface area contributed by atoms with E-state index in [-0.39, 0.29) is 57.7 Å². The number of nitrogen functional groups attached to an aromatic ring is 1. The number of rotatable bonds is 15. The number of para-hydroxylation sites is 2. The smallest absolute Gasteiger partial charge is 0.326 e. The van der Waals surface area contributed by atoms with Crippen molar-refractivity contribution in [2.24, 2.45) is 0 Å². The van der Waals surface area contributed by atoms with Crippen molar-refractivity contribution in [3.63, 3.8) is 0 Å². The van der Waals surface area contributed by atoms with Crippen LogP contribution in [0.25, 0.3) is 21.8 Å². The summed E-state index contributed by atoms with van der Waals surface area (Å²) in [4.78, 5) is 56.4. The molecule has 0 saturated heterocycles. The SMILES string of the molecule is CC(C)(C)NS(=O)(=O)c1ccc(N)cc1.CC(C)(C)NS(=O)(=O)c1ccc(NC(=O)[C@H](Cc2c[nH]c3ccccc23)NC(=O)c2ccc(F)cc2)cc1.O=C(N[C@@H](Cc1c[nH]c2ccccc12)C(=O)O)c1ccc(F)cc1.[I-]. The number of H-pyrrole nitrogens is 2. The Bertz CT molecular complexity index is 3580. The number of aliphatic carboxylic acids is 1. The number of benzene rings is 6. The Balaban J connectivity index is 0.000000238. The van der Waals surface area contributed by atoms with Crippen LogP contribution in [0.3, 0.4) is 0 Å². The maximum Gasteiger partial charge on any atom is 0.326 e. The number of nitrogens with two attached hydrogens (primary N) is 1. The summed E-state index contributed by atoms with van der Waals surface area (Å²) in [7, 11) is -7.17. The van der Waals surface area contributed by atoms with Crippen LogP contribution >= 0.6 is 0 Å². The van der Waals surface area contributed by atoms with Gasteiger partial charge in [-0.3, -0.25) is 14.4 Å². The summed E-state index contributed by atoms with van der Waals surface area (Å²) in [5, 5.41) is 19.2. The molecule has 10 N–H and O–H groups in total. The van der Waals surface area contributed by atoms with Gasteiger partial charge in [0.25, 0.3) is 11.8 Å². The second-order valence-corrected chi connectivity index (χ2v) is 23.2. The zero-order valence-electron chi connectivity index (χ0n) is 43.3. The molecule has 8 aromatic rings. The minimum atomic E-state index is -3.73. The molecule has 2 heterocycles. The number of halogens is 3. The monoisotopic (exact) mass is 1220 g/mol. The van der Waals surface area contributed by atoms with Gasteiger partial charge in [0.15, 0.2) is 0 Å². The van der Waals surface area contributed by atoms with E-state index in [1.807, 2.05) is 48.5 Å². The summed E-state index contributed by atoms with van der Waals surface area (Å²) in [6.45, 7) is 10.6. The van der Waals surface area contributed by atoms with Crippen LogP contribution in [-0.4, -0.2) is 78.8 Å². The zero-order valence-corrected chi connectivity index (χ0v) is 47.1. The fourth-order valence-corrected chi connectivity index (χ4v) is 10.5. The van der Waals surface area contributed by atoms with Crippen LogP contribution in [0.1, 0.15) is 73.4 Å². The molecule has 0 saturated carbocycles. The molecule has 0 bridgehead atoms. The van der Waals surface area contributed by atoms with Crippen molar-refractivity contribution in [1.82, 2.24) is 30.0 Å². The Morgan fingerprint density at radius 1 is 0.551 bits per heavy atom. The van der Waals surface area contributed by atoms with Gasteiger partial charge in [-0.15, -0.1) is 0 Å². The van der Waals surface area contributed by atoms with Crippen LogP contribution < -0.4 is 55.1 Å². The third-order valence-electron chi connectivity index (χ3n) is 11.1. The molecule has 3 amide bonds. The first-order chi connectivity index (χ1) is 36.2. The molecule has 78 heavy (non-hydrogen) atoms. The highest BCUT2D eigenvalue weighted by molar-refractivity contribution is 7.89. The number of hydrogen-bond donors (Lipinski definition) is 9.